The third-order valence-corrected chi connectivity index (χ3v) is 14.7. The number of amides is 3. The standard InChI is InChI=1S/C39H41FN12O11P2S3/c1-41-13-14-50(2)39(55)61-30-29-24(60-38(30)52-20-47-27-32(43-18-45-34(27)52)49-36(54)22-11-7-4-8-12-22)15-57-64(56,66)62-28-23(16-58-65(67,68)63-29)59-37(25(28)40)51-19-46-26-31(42-17-44-33(26)51)48-35(53)21-9-5-3-6-10-21/h3-12,17-20,23-25,28-30,37-38,41H,13-16H2,1-2H3,(H,56,66)(H,67,68)(H,42,44,48,53)(H,43,45,49,54)/t23-,24-,25-,28-,29-,30-,37-,38-,64?/m1/s1. The van der Waals surface area contributed by atoms with Gasteiger partial charge in [-0.15, -0.1) is 0 Å². The molecule has 0 radical (unpaired) electrons. The third-order valence-electron chi connectivity index (χ3n) is 10.9. The van der Waals surface area contributed by atoms with Crippen molar-refractivity contribution in [1.82, 2.24) is 49.3 Å². The fraction of sp³-hybridized carbons (Fsp3) is 0.359. The highest BCUT2D eigenvalue weighted by Gasteiger charge is 2.54. The Bertz CT molecular complexity index is 2930. The topological polar surface area (TPSA) is 263 Å². The predicted molar refractivity (Wildman–Crippen MR) is 250 cm³/mol. The van der Waals surface area contributed by atoms with E-state index in [9.17, 15) is 19.3 Å². The van der Waals surface area contributed by atoms with E-state index in [1.54, 1.807) is 67.7 Å². The maximum atomic E-state index is 16.8. The number of nitrogens with zero attached hydrogens (tertiary/aromatic N) is 9. The number of carbonyl (C=O) groups excluding carboxylic acids is 3. The Morgan fingerprint density at radius 3 is 1.91 bits per heavy atom. The second kappa shape index (κ2) is 20.2. The number of ether oxygens (including phenoxy) is 3. The highest BCUT2D eigenvalue weighted by Crippen LogP contribution is 2.59. The molecule has 2 aromatic carbocycles. The van der Waals surface area contributed by atoms with Crippen molar-refractivity contribution in [3.8, 4) is 0 Å². The average Bonchev–Trinajstić information content (AvgIpc) is 4.11. The maximum Gasteiger partial charge on any atom is 0.410 e. The van der Waals surface area contributed by atoms with Crippen LogP contribution in [0.25, 0.3) is 22.3 Å². The summed E-state index contributed by atoms with van der Waals surface area (Å²) in [5.41, 5.74) is -2.45. The van der Waals surface area contributed by atoms with Crippen molar-refractivity contribution in [3.05, 3.63) is 97.1 Å². The number of hydrogen-bond donors (Lipinski definition) is 5. The number of anilines is 2. The summed E-state index contributed by atoms with van der Waals surface area (Å²) in [6.07, 6.45) is -7.48. The van der Waals surface area contributed by atoms with E-state index in [4.69, 9.17) is 55.9 Å². The highest BCUT2D eigenvalue weighted by molar-refractivity contribution is 8.60. The molecule has 7 heterocycles. The van der Waals surface area contributed by atoms with Crippen LogP contribution in [0, 0.1) is 0 Å². The fourth-order valence-corrected chi connectivity index (χ4v) is 11.0. The Kier molecular flexibility index (Phi) is 14.2. The summed E-state index contributed by atoms with van der Waals surface area (Å²) in [5.74, 6) is -0.771. The van der Waals surface area contributed by atoms with Gasteiger partial charge in [0, 0.05) is 31.3 Å². The Morgan fingerprint density at radius 1 is 0.809 bits per heavy atom. The molecule has 0 aliphatic carbocycles. The van der Waals surface area contributed by atoms with Gasteiger partial charge in [0.05, 0.1) is 25.9 Å². The molecular formula is C39H41FN12O11P2S3. The van der Waals surface area contributed by atoms with Gasteiger partial charge in [-0.3, -0.25) is 23.2 Å². The highest BCUT2D eigenvalue weighted by atomic mass is 32.9. The number of aromatic nitrogens is 8. The van der Waals surface area contributed by atoms with Gasteiger partial charge < -0.3 is 53.5 Å². The minimum atomic E-state index is -4.39. The van der Waals surface area contributed by atoms with Gasteiger partial charge in [0.25, 0.3) is 11.8 Å². The van der Waals surface area contributed by atoms with Crippen molar-refractivity contribution in [1.29, 1.82) is 0 Å². The summed E-state index contributed by atoms with van der Waals surface area (Å²) in [6, 6.07) is 16.9. The molecule has 3 aliphatic heterocycles. The van der Waals surface area contributed by atoms with Crippen LogP contribution in [-0.4, -0.2) is 144 Å². The molecule has 4 N–H and O–H groups in total. The number of fused-ring (bicyclic) bond motifs is 4. The van der Waals surface area contributed by atoms with Crippen molar-refractivity contribution in [2.24, 2.45) is 0 Å². The summed E-state index contributed by atoms with van der Waals surface area (Å²) in [4.78, 5) is 78.6. The molecule has 4 aromatic heterocycles. The monoisotopic (exact) mass is 1030 g/mol. The van der Waals surface area contributed by atoms with Crippen LogP contribution >= 0.6 is 24.7 Å². The van der Waals surface area contributed by atoms with Crippen molar-refractivity contribution < 1.29 is 56.0 Å². The van der Waals surface area contributed by atoms with Crippen LogP contribution in [0.15, 0.2) is 86.0 Å². The summed E-state index contributed by atoms with van der Waals surface area (Å²) < 4.78 is 62.6. The van der Waals surface area contributed by atoms with E-state index in [1.165, 1.54) is 46.4 Å². The zero-order chi connectivity index (χ0) is 47.7. The molecule has 68 heavy (non-hydrogen) atoms. The Labute approximate surface area is 401 Å². The fourth-order valence-electron chi connectivity index (χ4n) is 7.58. The van der Waals surface area contributed by atoms with Crippen molar-refractivity contribution >= 4 is 100 Å². The molecule has 2 unspecified atom stereocenters. The summed E-state index contributed by atoms with van der Waals surface area (Å²) >= 11 is 15.9. The number of rotatable bonds is 10. The minimum absolute atomic E-state index is 0.0597. The maximum absolute atomic E-state index is 16.8. The first-order valence-corrected chi connectivity index (χ1v) is 27.0. The van der Waals surface area contributed by atoms with E-state index in [1.807, 2.05) is 0 Å². The number of benzene rings is 2. The Morgan fingerprint density at radius 2 is 1.34 bits per heavy atom. The summed E-state index contributed by atoms with van der Waals surface area (Å²) in [7, 11) is 3.26. The quantitative estimate of drug-likeness (QED) is 0.0953. The van der Waals surface area contributed by atoms with Gasteiger partial charge in [-0.05, 0) is 54.9 Å². The van der Waals surface area contributed by atoms with Crippen LogP contribution < -0.4 is 16.0 Å². The Hall–Kier alpha value is -4.99. The van der Waals surface area contributed by atoms with Gasteiger partial charge in [-0.25, -0.2) is 39.1 Å². The lowest BCUT2D eigenvalue weighted by molar-refractivity contribution is -0.0578. The van der Waals surface area contributed by atoms with Gasteiger partial charge in [-0.2, -0.15) is 0 Å². The van der Waals surface area contributed by atoms with Gasteiger partial charge >= 0.3 is 12.8 Å². The zero-order valence-electron chi connectivity index (χ0n) is 35.6. The molecule has 358 valence electrons. The van der Waals surface area contributed by atoms with E-state index < -0.39 is 92.7 Å². The second-order valence-electron chi connectivity index (χ2n) is 15.3. The molecule has 9 rings (SSSR count). The van der Waals surface area contributed by atoms with Crippen LogP contribution in [0.3, 0.4) is 0 Å². The molecule has 3 aliphatic rings. The van der Waals surface area contributed by atoms with Gasteiger partial charge in [0.15, 0.2) is 58.7 Å². The molecule has 29 heteroatoms. The van der Waals surface area contributed by atoms with E-state index in [0.717, 1.165) is 0 Å². The van der Waals surface area contributed by atoms with E-state index in [0.29, 0.717) is 17.7 Å². The van der Waals surface area contributed by atoms with E-state index in [2.05, 4.69) is 58.1 Å². The first-order valence-electron chi connectivity index (χ1n) is 20.6. The van der Waals surface area contributed by atoms with Crippen LogP contribution in [0.2, 0.25) is 0 Å². The lowest BCUT2D eigenvalue weighted by Gasteiger charge is -2.32. The lowest BCUT2D eigenvalue weighted by Crippen LogP contribution is -2.43. The first kappa shape index (κ1) is 48.1. The van der Waals surface area contributed by atoms with Gasteiger partial charge in [0.1, 0.15) is 37.1 Å². The molecule has 0 spiro atoms. The SMILES string of the molecule is CNCCN(C)C(=O)O[C@@H]1[C@@H]2OP(=S)(S)OC[C@H]3O[C@@H](n4cnc5c(NC(=O)c6ccccc6)ncnc54)[C@H](F)[C@@H]3OP(O)(=S)OC[C@H]2O[C@H]1n1cnc2c(NC(=O)c3ccccc3)ncnc21. The third kappa shape index (κ3) is 10.2. The lowest BCUT2D eigenvalue weighted by atomic mass is 10.1. The molecule has 23 nitrogen and oxygen atoms in total. The second-order valence-corrected chi connectivity index (χ2v) is 23.4. The minimum Gasteiger partial charge on any atom is -0.438 e. The van der Waals surface area contributed by atoms with Gasteiger partial charge in [-0.1, -0.05) is 48.6 Å². The number of nitrogens with one attached hydrogen (secondary N) is 3. The van der Waals surface area contributed by atoms with Crippen molar-refractivity contribution in [3.63, 3.8) is 0 Å². The number of thiol groups is 1. The molecule has 0 bridgehead atoms. The van der Waals surface area contributed by atoms with Gasteiger partial charge in [0.2, 0.25) is 5.69 Å². The number of alkyl halides is 1. The zero-order valence-corrected chi connectivity index (χ0v) is 39.9. The largest absolute Gasteiger partial charge is 0.438 e. The smallest absolute Gasteiger partial charge is 0.410 e. The number of imidazole rings is 2. The van der Waals surface area contributed by atoms with E-state index >= 15 is 4.39 Å². The van der Waals surface area contributed by atoms with Crippen LogP contribution in [-0.2, 0) is 55.9 Å². The Balaban J connectivity index is 0.992. The first-order chi connectivity index (χ1) is 32.7. The predicted octanol–water partition coefficient (Wildman–Crippen LogP) is 4.15. The number of likely N-dealkylation sites (N-methyl/N-ethyl adjacent to an activating group) is 2. The molecule has 6 aromatic rings. The molecule has 3 saturated heterocycles. The molecule has 0 saturated carbocycles. The van der Waals surface area contributed by atoms with Crippen molar-refractivity contribution in [2.75, 3.05) is 51.0 Å². The van der Waals surface area contributed by atoms with E-state index in [-0.39, 0.29) is 40.5 Å². The summed E-state index contributed by atoms with van der Waals surface area (Å²) in [5, 5.41) is 8.43. The molecule has 10 atom stereocenters. The molecule has 3 fully saturated rings. The number of hydrogen-bond acceptors (Lipinski definition) is 19. The average molecular weight is 1030 g/mol. The van der Waals surface area contributed by atoms with Crippen LogP contribution in [0.5, 0.6) is 0 Å². The number of halogens is 1. The number of carbonyl (C=O) groups is 3. The molecular weight excluding hydrogens is 990 g/mol. The van der Waals surface area contributed by atoms with Crippen LogP contribution in [0.4, 0.5) is 20.8 Å². The normalized spacial score (nSPS) is 28.5. The van der Waals surface area contributed by atoms with Crippen LogP contribution in [0.1, 0.15) is 33.2 Å². The molecule has 3 amide bonds. The van der Waals surface area contributed by atoms with Crippen molar-refractivity contribution in [2.45, 2.75) is 49.1 Å². The summed E-state index contributed by atoms with van der Waals surface area (Å²) in [6.45, 7) is -4.77.